The molecule has 1 aliphatic heterocycles. The number of para-hydroxylation sites is 1. The van der Waals surface area contributed by atoms with E-state index < -0.39 is 12.0 Å². The first-order valence-corrected chi connectivity index (χ1v) is 9.00. The van der Waals surface area contributed by atoms with Gasteiger partial charge < -0.3 is 19.5 Å². The molecule has 1 aliphatic rings. The van der Waals surface area contributed by atoms with Gasteiger partial charge in [0.05, 0.1) is 13.2 Å². The van der Waals surface area contributed by atoms with Crippen LogP contribution >= 0.6 is 0 Å². The Kier molecular flexibility index (Phi) is 6.82. The quantitative estimate of drug-likeness (QED) is 0.722. The molecule has 1 N–H and O–H groups in total. The van der Waals surface area contributed by atoms with Crippen LogP contribution in [0.25, 0.3) is 0 Å². The lowest BCUT2D eigenvalue weighted by Gasteiger charge is -2.20. The van der Waals surface area contributed by atoms with Crippen molar-refractivity contribution in [1.82, 2.24) is 5.32 Å². The third-order valence-corrected chi connectivity index (χ3v) is 4.19. The van der Waals surface area contributed by atoms with E-state index in [2.05, 4.69) is 5.32 Å². The van der Waals surface area contributed by atoms with E-state index in [-0.39, 0.29) is 18.6 Å². The molecule has 2 atom stereocenters. The number of esters is 1. The minimum atomic E-state index is -0.778. The molecule has 1 fully saturated rings. The molecule has 0 saturated carbocycles. The van der Waals surface area contributed by atoms with Gasteiger partial charge in [-0.05, 0) is 17.7 Å². The Morgan fingerprint density at radius 1 is 1.07 bits per heavy atom. The second kappa shape index (κ2) is 9.73. The second-order valence-electron chi connectivity index (χ2n) is 6.33. The molecule has 1 saturated heterocycles. The van der Waals surface area contributed by atoms with Gasteiger partial charge in [-0.2, -0.15) is 0 Å². The second-order valence-corrected chi connectivity index (χ2v) is 6.33. The van der Waals surface area contributed by atoms with Crippen molar-refractivity contribution < 1.29 is 23.8 Å². The Morgan fingerprint density at radius 3 is 2.44 bits per heavy atom. The lowest BCUT2D eigenvalue weighted by Crippen LogP contribution is -2.46. The third kappa shape index (κ3) is 6.11. The van der Waals surface area contributed by atoms with Crippen molar-refractivity contribution in [2.45, 2.75) is 25.0 Å². The maximum absolute atomic E-state index is 12.6. The zero-order valence-corrected chi connectivity index (χ0v) is 15.0. The molecule has 142 valence electrons. The fourth-order valence-electron chi connectivity index (χ4n) is 2.80. The molecule has 0 spiro atoms. The smallest absolute Gasteiger partial charge is 0.329 e. The molecule has 3 rings (SSSR count). The number of benzene rings is 2. The van der Waals surface area contributed by atoms with E-state index in [4.69, 9.17) is 14.2 Å². The van der Waals surface area contributed by atoms with Crippen molar-refractivity contribution >= 4 is 11.9 Å². The van der Waals surface area contributed by atoms with Crippen LogP contribution in [0.4, 0.5) is 0 Å². The van der Waals surface area contributed by atoms with Crippen LogP contribution in [-0.2, 0) is 25.5 Å². The summed E-state index contributed by atoms with van der Waals surface area (Å²) in [5, 5.41) is 2.73. The molecular weight excluding hydrogens is 346 g/mol. The standard InChI is InChI=1S/C21H23NO5/c23-20(15-26-17-9-5-2-6-10-17)22-19(13-16-7-3-1-4-8-16)21(24)27-18-11-12-25-14-18/h1-10,18-19H,11-15H2,(H,22,23)/t18-,19-/m0/s1. The largest absolute Gasteiger partial charge is 0.484 e. The molecule has 0 radical (unpaired) electrons. The maximum Gasteiger partial charge on any atom is 0.329 e. The summed E-state index contributed by atoms with van der Waals surface area (Å²) in [5.74, 6) is -0.236. The maximum atomic E-state index is 12.6. The van der Waals surface area contributed by atoms with E-state index in [0.29, 0.717) is 31.8 Å². The van der Waals surface area contributed by atoms with E-state index in [9.17, 15) is 9.59 Å². The van der Waals surface area contributed by atoms with Gasteiger partial charge in [0.25, 0.3) is 5.91 Å². The van der Waals surface area contributed by atoms with Crippen molar-refractivity contribution in [1.29, 1.82) is 0 Å². The van der Waals surface area contributed by atoms with Crippen LogP contribution in [0.2, 0.25) is 0 Å². The van der Waals surface area contributed by atoms with Crippen LogP contribution in [0.5, 0.6) is 5.75 Å². The van der Waals surface area contributed by atoms with Gasteiger partial charge in [-0.1, -0.05) is 48.5 Å². The number of hydrogen-bond donors (Lipinski definition) is 1. The number of carbonyl (C=O) groups is 2. The molecule has 0 aliphatic carbocycles. The molecule has 1 heterocycles. The van der Waals surface area contributed by atoms with Crippen molar-refractivity contribution in [2.24, 2.45) is 0 Å². The lowest BCUT2D eigenvalue weighted by atomic mass is 10.1. The minimum Gasteiger partial charge on any atom is -0.484 e. The van der Waals surface area contributed by atoms with E-state index >= 15 is 0 Å². The van der Waals surface area contributed by atoms with Crippen LogP contribution in [0.15, 0.2) is 60.7 Å². The number of hydrogen-bond acceptors (Lipinski definition) is 5. The van der Waals surface area contributed by atoms with Gasteiger partial charge in [0.15, 0.2) is 6.61 Å². The first-order valence-electron chi connectivity index (χ1n) is 9.00. The van der Waals surface area contributed by atoms with E-state index in [1.807, 2.05) is 48.5 Å². The first kappa shape index (κ1) is 18.9. The molecule has 0 aromatic heterocycles. The first-order chi connectivity index (χ1) is 13.2. The van der Waals surface area contributed by atoms with Gasteiger partial charge in [0.1, 0.15) is 17.9 Å². The van der Waals surface area contributed by atoms with Crippen molar-refractivity contribution in [3.05, 3.63) is 66.2 Å². The average molecular weight is 369 g/mol. The molecule has 0 bridgehead atoms. The van der Waals surface area contributed by atoms with Gasteiger partial charge in [-0.15, -0.1) is 0 Å². The highest BCUT2D eigenvalue weighted by Gasteiger charge is 2.27. The van der Waals surface area contributed by atoms with Gasteiger partial charge in [0, 0.05) is 12.8 Å². The third-order valence-electron chi connectivity index (χ3n) is 4.19. The Bertz CT molecular complexity index is 729. The summed E-state index contributed by atoms with van der Waals surface area (Å²) in [7, 11) is 0. The lowest BCUT2D eigenvalue weighted by molar-refractivity contribution is -0.153. The highest BCUT2D eigenvalue weighted by molar-refractivity contribution is 5.85. The van der Waals surface area contributed by atoms with Crippen LogP contribution in [0.1, 0.15) is 12.0 Å². The number of carbonyl (C=O) groups excluding carboxylic acids is 2. The normalized spacial score (nSPS) is 17.1. The summed E-state index contributed by atoms with van der Waals surface area (Å²) in [6.07, 6.45) is 0.771. The molecule has 2 aromatic rings. The average Bonchev–Trinajstić information content (AvgIpc) is 3.20. The van der Waals surface area contributed by atoms with Gasteiger partial charge in [-0.3, -0.25) is 4.79 Å². The van der Waals surface area contributed by atoms with Crippen molar-refractivity contribution in [2.75, 3.05) is 19.8 Å². The molecule has 0 unspecified atom stereocenters. The topological polar surface area (TPSA) is 73.9 Å². The monoisotopic (exact) mass is 369 g/mol. The minimum absolute atomic E-state index is 0.172. The van der Waals surface area contributed by atoms with Crippen molar-refractivity contribution in [3.63, 3.8) is 0 Å². The molecule has 6 nitrogen and oxygen atoms in total. The Hall–Kier alpha value is -2.86. The van der Waals surface area contributed by atoms with Gasteiger partial charge in [-0.25, -0.2) is 4.79 Å². The summed E-state index contributed by atoms with van der Waals surface area (Å²) < 4.78 is 16.2. The molecule has 6 heteroatoms. The Labute approximate surface area is 158 Å². The molecule has 1 amide bonds. The number of nitrogens with one attached hydrogen (secondary N) is 1. The van der Waals surface area contributed by atoms with E-state index in [1.54, 1.807) is 12.1 Å². The predicted octanol–water partition coefficient (Wildman–Crippen LogP) is 2.12. The summed E-state index contributed by atoms with van der Waals surface area (Å²) in [5.41, 5.74) is 0.936. The Morgan fingerprint density at radius 2 is 1.78 bits per heavy atom. The van der Waals surface area contributed by atoms with Crippen LogP contribution in [0, 0.1) is 0 Å². The van der Waals surface area contributed by atoms with E-state index in [0.717, 1.165) is 5.56 Å². The Balaban J connectivity index is 1.59. The molecule has 2 aromatic carbocycles. The van der Waals surface area contributed by atoms with Gasteiger partial charge in [0.2, 0.25) is 0 Å². The van der Waals surface area contributed by atoms with Crippen molar-refractivity contribution in [3.8, 4) is 5.75 Å². The zero-order valence-electron chi connectivity index (χ0n) is 15.0. The fourth-order valence-corrected chi connectivity index (χ4v) is 2.80. The summed E-state index contributed by atoms with van der Waals surface area (Å²) in [4.78, 5) is 24.9. The number of amides is 1. The zero-order chi connectivity index (χ0) is 18.9. The SMILES string of the molecule is O=C(COc1ccccc1)N[C@@H](Cc1ccccc1)C(=O)O[C@H]1CCOC1. The highest BCUT2D eigenvalue weighted by atomic mass is 16.6. The molecular formula is C21H23NO5. The van der Waals surface area contributed by atoms with Gasteiger partial charge >= 0.3 is 5.97 Å². The highest BCUT2D eigenvalue weighted by Crippen LogP contribution is 2.12. The summed E-state index contributed by atoms with van der Waals surface area (Å²) in [6, 6.07) is 17.8. The van der Waals surface area contributed by atoms with Crippen LogP contribution in [-0.4, -0.2) is 43.8 Å². The van der Waals surface area contributed by atoms with Crippen LogP contribution < -0.4 is 10.1 Å². The number of ether oxygens (including phenoxy) is 3. The fraction of sp³-hybridized carbons (Fsp3) is 0.333. The predicted molar refractivity (Wildman–Crippen MR) is 99.3 cm³/mol. The van der Waals surface area contributed by atoms with Crippen LogP contribution in [0.3, 0.4) is 0 Å². The number of rotatable bonds is 8. The van der Waals surface area contributed by atoms with E-state index in [1.165, 1.54) is 0 Å². The molecule has 27 heavy (non-hydrogen) atoms. The summed E-state index contributed by atoms with van der Waals surface area (Å²) in [6.45, 7) is 0.808. The summed E-state index contributed by atoms with van der Waals surface area (Å²) >= 11 is 0.